The monoisotopic (exact) mass is 308 g/mol. The number of aromatic nitrogens is 1. The van der Waals surface area contributed by atoms with E-state index in [1.54, 1.807) is 12.1 Å². The molecule has 22 heavy (non-hydrogen) atoms. The number of nitriles is 1. The SMILES string of the molecule is COc1nc(CC#N)ccc1-c1ccc(OC(F)(F)F)cc1. The minimum Gasteiger partial charge on any atom is -0.481 e. The van der Waals surface area contributed by atoms with Crippen LogP contribution in [0.15, 0.2) is 36.4 Å². The molecule has 4 nitrogen and oxygen atoms in total. The quantitative estimate of drug-likeness (QED) is 0.863. The van der Waals surface area contributed by atoms with Gasteiger partial charge in [0, 0.05) is 5.56 Å². The summed E-state index contributed by atoms with van der Waals surface area (Å²) in [7, 11) is 1.43. The second-order valence-electron chi connectivity index (χ2n) is 4.27. The van der Waals surface area contributed by atoms with Crippen LogP contribution < -0.4 is 9.47 Å². The van der Waals surface area contributed by atoms with Crippen molar-refractivity contribution in [3.05, 3.63) is 42.1 Å². The predicted molar refractivity (Wildman–Crippen MR) is 72.2 cm³/mol. The summed E-state index contributed by atoms with van der Waals surface area (Å²) in [6, 6.07) is 10.7. The molecule has 0 N–H and O–H groups in total. The molecule has 0 saturated heterocycles. The van der Waals surface area contributed by atoms with Crippen LogP contribution in [0.25, 0.3) is 11.1 Å². The van der Waals surface area contributed by atoms with Crippen LogP contribution in [0.5, 0.6) is 11.6 Å². The van der Waals surface area contributed by atoms with Crippen molar-refractivity contribution in [2.24, 2.45) is 0 Å². The highest BCUT2D eigenvalue weighted by Crippen LogP contribution is 2.31. The first kappa shape index (κ1) is 15.6. The molecule has 0 aliphatic heterocycles. The van der Waals surface area contributed by atoms with E-state index in [2.05, 4.69) is 9.72 Å². The van der Waals surface area contributed by atoms with Crippen LogP contribution in [0.3, 0.4) is 0 Å². The average molecular weight is 308 g/mol. The zero-order valence-electron chi connectivity index (χ0n) is 11.5. The molecule has 0 aliphatic rings. The van der Waals surface area contributed by atoms with Crippen LogP contribution in [0.4, 0.5) is 13.2 Å². The van der Waals surface area contributed by atoms with Crippen LogP contribution in [0, 0.1) is 11.3 Å². The largest absolute Gasteiger partial charge is 0.573 e. The van der Waals surface area contributed by atoms with Crippen molar-refractivity contribution in [2.75, 3.05) is 7.11 Å². The Morgan fingerprint density at radius 3 is 2.36 bits per heavy atom. The fourth-order valence-corrected chi connectivity index (χ4v) is 1.87. The van der Waals surface area contributed by atoms with Crippen LogP contribution in [-0.2, 0) is 6.42 Å². The third kappa shape index (κ3) is 3.88. The summed E-state index contributed by atoms with van der Waals surface area (Å²) in [6.07, 6.45) is -4.57. The number of methoxy groups -OCH3 is 1. The van der Waals surface area contributed by atoms with Gasteiger partial charge in [0.2, 0.25) is 5.88 Å². The Bertz CT molecular complexity index is 691. The maximum atomic E-state index is 12.1. The molecule has 0 aliphatic carbocycles. The third-order valence-electron chi connectivity index (χ3n) is 2.77. The number of ether oxygens (including phenoxy) is 2. The summed E-state index contributed by atoms with van der Waals surface area (Å²) in [5.41, 5.74) is 1.80. The van der Waals surface area contributed by atoms with Gasteiger partial charge in [0.15, 0.2) is 0 Å². The molecule has 0 fully saturated rings. The lowest BCUT2D eigenvalue weighted by atomic mass is 10.1. The topological polar surface area (TPSA) is 55.1 Å². The van der Waals surface area contributed by atoms with Gasteiger partial charge < -0.3 is 9.47 Å². The average Bonchev–Trinajstić information content (AvgIpc) is 2.47. The molecule has 0 saturated carbocycles. The van der Waals surface area contributed by atoms with Crippen molar-refractivity contribution in [1.29, 1.82) is 5.26 Å². The summed E-state index contributed by atoms with van der Waals surface area (Å²) in [4.78, 5) is 4.18. The first-order valence-electron chi connectivity index (χ1n) is 6.20. The lowest BCUT2D eigenvalue weighted by Gasteiger charge is -2.11. The molecule has 0 atom stereocenters. The second kappa shape index (κ2) is 6.35. The number of rotatable bonds is 4. The zero-order valence-corrected chi connectivity index (χ0v) is 11.5. The number of benzene rings is 1. The van der Waals surface area contributed by atoms with E-state index in [4.69, 9.17) is 10.00 Å². The molecule has 0 spiro atoms. The normalized spacial score (nSPS) is 10.9. The number of pyridine rings is 1. The lowest BCUT2D eigenvalue weighted by molar-refractivity contribution is -0.274. The molecule has 1 heterocycles. The van der Waals surface area contributed by atoms with Crippen molar-refractivity contribution >= 4 is 0 Å². The number of hydrogen-bond donors (Lipinski definition) is 0. The third-order valence-corrected chi connectivity index (χ3v) is 2.77. The van der Waals surface area contributed by atoms with E-state index in [0.29, 0.717) is 22.7 Å². The molecule has 1 aromatic carbocycles. The Hall–Kier alpha value is -2.75. The van der Waals surface area contributed by atoms with Crippen molar-refractivity contribution < 1.29 is 22.6 Å². The summed E-state index contributed by atoms with van der Waals surface area (Å²) in [6.45, 7) is 0. The number of nitrogens with zero attached hydrogens (tertiary/aromatic N) is 2. The van der Waals surface area contributed by atoms with Crippen LogP contribution in [0.1, 0.15) is 5.69 Å². The minimum atomic E-state index is -4.72. The zero-order chi connectivity index (χ0) is 16.2. The van der Waals surface area contributed by atoms with Gasteiger partial charge in [0.05, 0.1) is 25.3 Å². The Balaban J connectivity index is 2.30. The van der Waals surface area contributed by atoms with Crippen LogP contribution in [0.2, 0.25) is 0 Å². The van der Waals surface area contributed by atoms with E-state index >= 15 is 0 Å². The van der Waals surface area contributed by atoms with E-state index in [9.17, 15) is 13.2 Å². The van der Waals surface area contributed by atoms with E-state index < -0.39 is 6.36 Å². The smallest absolute Gasteiger partial charge is 0.481 e. The van der Waals surface area contributed by atoms with Crippen LogP contribution >= 0.6 is 0 Å². The Labute approximate surface area is 124 Å². The van der Waals surface area contributed by atoms with E-state index in [1.807, 2.05) is 6.07 Å². The van der Waals surface area contributed by atoms with Crippen molar-refractivity contribution in [3.63, 3.8) is 0 Å². The molecule has 0 radical (unpaired) electrons. The predicted octanol–water partition coefficient (Wildman–Crippen LogP) is 3.72. The molecule has 1 aromatic heterocycles. The highest BCUT2D eigenvalue weighted by Gasteiger charge is 2.31. The molecule has 0 bridgehead atoms. The maximum absolute atomic E-state index is 12.1. The van der Waals surface area contributed by atoms with Gasteiger partial charge >= 0.3 is 6.36 Å². The number of hydrogen-bond acceptors (Lipinski definition) is 4. The van der Waals surface area contributed by atoms with E-state index in [-0.39, 0.29) is 12.2 Å². The van der Waals surface area contributed by atoms with Gasteiger partial charge in [-0.1, -0.05) is 12.1 Å². The van der Waals surface area contributed by atoms with Crippen molar-refractivity contribution in [3.8, 4) is 28.8 Å². The van der Waals surface area contributed by atoms with E-state index in [1.165, 1.54) is 31.4 Å². The fraction of sp³-hybridized carbons (Fsp3) is 0.200. The molecule has 0 amide bonds. The first-order chi connectivity index (χ1) is 10.4. The number of halogens is 3. The number of alkyl halides is 3. The van der Waals surface area contributed by atoms with Gasteiger partial charge in [-0.15, -0.1) is 13.2 Å². The van der Waals surface area contributed by atoms with Crippen molar-refractivity contribution in [1.82, 2.24) is 4.98 Å². The Kier molecular flexibility index (Phi) is 4.51. The maximum Gasteiger partial charge on any atom is 0.573 e. The van der Waals surface area contributed by atoms with Gasteiger partial charge in [-0.2, -0.15) is 5.26 Å². The standard InChI is InChI=1S/C15H11F3N2O2/c1-21-14-13(7-4-11(20-14)8-9-19)10-2-5-12(6-3-10)22-15(16,17)18/h2-7H,8H2,1H3. The summed E-state index contributed by atoms with van der Waals surface area (Å²) in [5.74, 6) is 0.00140. The highest BCUT2D eigenvalue weighted by atomic mass is 19.4. The molecule has 7 heteroatoms. The minimum absolute atomic E-state index is 0.148. The van der Waals surface area contributed by atoms with Crippen LogP contribution in [-0.4, -0.2) is 18.5 Å². The molecule has 2 aromatic rings. The lowest BCUT2D eigenvalue weighted by Crippen LogP contribution is -2.16. The van der Waals surface area contributed by atoms with Gasteiger partial charge in [-0.05, 0) is 29.8 Å². The van der Waals surface area contributed by atoms with Gasteiger partial charge in [-0.3, -0.25) is 0 Å². The summed E-state index contributed by atoms with van der Waals surface area (Å²) >= 11 is 0. The highest BCUT2D eigenvalue weighted by molar-refractivity contribution is 5.69. The Morgan fingerprint density at radius 2 is 1.82 bits per heavy atom. The van der Waals surface area contributed by atoms with Crippen molar-refractivity contribution in [2.45, 2.75) is 12.8 Å². The second-order valence-corrected chi connectivity index (χ2v) is 4.27. The summed E-state index contributed by atoms with van der Waals surface area (Å²) < 4.78 is 45.3. The molecule has 0 unspecified atom stereocenters. The van der Waals surface area contributed by atoms with Gasteiger partial charge in [-0.25, -0.2) is 4.98 Å². The van der Waals surface area contributed by atoms with Gasteiger partial charge in [0.1, 0.15) is 5.75 Å². The Morgan fingerprint density at radius 1 is 1.14 bits per heavy atom. The summed E-state index contributed by atoms with van der Waals surface area (Å²) in [5, 5.41) is 8.66. The molecular weight excluding hydrogens is 297 g/mol. The van der Waals surface area contributed by atoms with Gasteiger partial charge in [0.25, 0.3) is 0 Å². The molecule has 2 rings (SSSR count). The fourth-order valence-electron chi connectivity index (χ4n) is 1.87. The first-order valence-corrected chi connectivity index (χ1v) is 6.20. The molecule has 114 valence electrons. The van der Waals surface area contributed by atoms with E-state index in [0.717, 1.165) is 0 Å². The molecular formula is C15H11F3N2O2.